The molecule has 3 aromatic rings. The lowest BCUT2D eigenvalue weighted by Crippen LogP contribution is -2.49. The van der Waals surface area contributed by atoms with E-state index < -0.39 is 29.6 Å². The van der Waals surface area contributed by atoms with Crippen molar-refractivity contribution in [3.63, 3.8) is 0 Å². The Balaban J connectivity index is 1.42. The van der Waals surface area contributed by atoms with Crippen LogP contribution in [-0.4, -0.2) is 35.4 Å². The average molecular weight is 579 g/mol. The Kier molecular flexibility index (Phi) is 9.59. The Morgan fingerprint density at radius 2 is 1.88 bits per heavy atom. The zero-order valence-electron chi connectivity index (χ0n) is 23.3. The number of nitrogens with two attached hydrogens (primary N) is 1. The molecule has 0 saturated heterocycles. The van der Waals surface area contributed by atoms with Crippen molar-refractivity contribution in [2.45, 2.75) is 52.0 Å². The van der Waals surface area contributed by atoms with Crippen LogP contribution in [0.15, 0.2) is 77.3 Å². The van der Waals surface area contributed by atoms with Crippen LogP contribution < -0.4 is 21.7 Å². The van der Waals surface area contributed by atoms with Crippen molar-refractivity contribution in [3.8, 4) is 0 Å². The highest BCUT2D eigenvalue weighted by Gasteiger charge is 2.51. The summed E-state index contributed by atoms with van der Waals surface area (Å²) in [5.74, 6) is -1.15. The zero-order chi connectivity index (χ0) is 29.6. The highest BCUT2D eigenvalue weighted by Crippen LogP contribution is 2.39. The molecule has 1 fully saturated rings. The standard InChI is InChI=1S/C31H35FN4O4S/c1-19(26-10-7-15-41-26)16-25(20(2)17-33)34-28(37)23-11-12-24(27(32)21(23)3)35-29(38)31(13-14-31)36-30(39)40-18-22-8-5-4-6-9-22/h4-12,15-16,29,35,38H,13-14,17-18,33H2,1-3H3,(H,34,37)(H,36,39). The van der Waals surface area contributed by atoms with E-state index in [0.29, 0.717) is 18.5 Å². The van der Waals surface area contributed by atoms with E-state index in [1.807, 2.05) is 67.8 Å². The number of hydrogen-bond acceptors (Lipinski definition) is 7. The SMILES string of the molecule is CC(=CC(NC(=O)c1ccc(NC(O)C2(NC(=O)OCc3ccccc3)CC2)c(F)c1C)=C(C)CN)c1cccs1. The maximum atomic E-state index is 15.4. The van der Waals surface area contributed by atoms with Crippen molar-refractivity contribution in [3.05, 3.63) is 105 Å². The van der Waals surface area contributed by atoms with Crippen LogP contribution in [0.4, 0.5) is 14.9 Å². The first kappa shape index (κ1) is 30.0. The van der Waals surface area contributed by atoms with Crippen LogP contribution in [0.2, 0.25) is 0 Å². The molecule has 1 aromatic heterocycles. The molecule has 41 heavy (non-hydrogen) atoms. The lowest BCUT2D eigenvalue weighted by atomic mass is 10.0. The van der Waals surface area contributed by atoms with Gasteiger partial charge in [0.2, 0.25) is 0 Å². The maximum absolute atomic E-state index is 15.4. The third kappa shape index (κ3) is 7.40. The van der Waals surface area contributed by atoms with E-state index in [-0.39, 0.29) is 30.0 Å². The van der Waals surface area contributed by atoms with E-state index in [9.17, 15) is 14.7 Å². The molecule has 0 radical (unpaired) electrons. The summed E-state index contributed by atoms with van der Waals surface area (Å²) in [7, 11) is 0. The van der Waals surface area contributed by atoms with Gasteiger partial charge in [-0.1, -0.05) is 36.4 Å². The minimum Gasteiger partial charge on any atom is -0.445 e. The van der Waals surface area contributed by atoms with Gasteiger partial charge in [0.25, 0.3) is 5.91 Å². The summed E-state index contributed by atoms with van der Waals surface area (Å²) in [4.78, 5) is 26.6. The predicted octanol–water partition coefficient (Wildman–Crippen LogP) is 5.45. The minimum absolute atomic E-state index is 0.0135. The molecular weight excluding hydrogens is 543 g/mol. The summed E-state index contributed by atoms with van der Waals surface area (Å²) in [6.45, 7) is 5.61. The summed E-state index contributed by atoms with van der Waals surface area (Å²) in [5, 5.41) is 21.1. The van der Waals surface area contributed by atoms with Gasteiger partial charge >= 0.3 is 6.09 Å². The van der Waals surface area contributed by atoms with Crippen molar-refractivity contribution in [2.24, 2.45) is 5.73 Å². The first-order valence-electron chi connectivity index (χ1n) is 13.3. The number of anilines is 1. The molecule has 1 aliphatic rings. The van der Waals surface area contributed by atoms with Crippen LogP contribution in [0.5, 0.6) is 0 Å². The number of ether oxygens (including phenoxy) is 1. The molecule has 8 nitrogen and oxygen atoms in total. The Labute approximate surface area is 243 Å². The number of rotatable bonds is 11. The Hall–Kier alpha value is -3.99. The van der Waals surface area contributed by atoms with Crippen LogP contribution in [0.1, 0.15) is 53.1 Å². The topological polar surface area (TPSA) is 126 Å². The van der Waals surface area contributed by atoms with Gasteiger partial charge in [0.1, 0.15) is 18.7 Å². The number of aliphatic hydroxyl groups is 1. The first-order valence-corrected chi connectivity index (χ1v) is 14.2. The number of benzene rings is 2. The van der Waals surface area contributed by atoms with Gasteiger partial charge in [-0.05, 0) is 85.5 Å². The molecule has 1 unspecified atom stereocenters. The second-order valence-corrected chi connectivity index (χ2v) is 11.1. The van der Waals surface area contributed by atoms with Gasteiger partial charge < -0.3 is 31.5 Å². The minimum atomic E-state index is -1.27. The highest BCUT2D eigenvalue weighted by molar-refractivity contribution is 7.11. The number of halogens is 1. The predicted molar refractivity (Wildman–Crippen MR) is 160 cm³/mol. The third-order valence-corrected chi connectivity index (χ3v) is 8.09. The molecule has 1 saturated carbocycles. The van der Waals surface area contributed by atoms with Crippen LogP contribution >= 0.6 is 11.3 Å². The smallest absolute Gasteiger partial charge is 0.408 e. The first-order chi connectivity index (χ1) is 19.6. The largest absolute Gasteiger partial charge is 0.445 e. The summed E-state index contributed by atoms with van der Waals surface area (Å²) < 4.78 is 20.7. The van der Waals surface area contributed by atoms with E-state index in [4.69, 9.17) is 10.5 Å². The summed E-state index contributed by atoms with van der Waals surface area (Å²) in [6, 6.07) is 16.1. The molecular formula is C31H35FN4O4S. The van der Waals surface area contributed by atoms with E-state index in [0.717, 1.165) is 21.6 Å². The number of aliphatic hydroxyl groups excluding tert-OH is 1. The monoisotopic (exact) mass is 578 g/mol. The van der Waals surface area contributed by atoms with Gasteiger partial charge in [0.15, 0.2) is 0 Å². The second kappa shape index (κ2) is 13.1. The number of amides is 2. The second-order valence-electron chi connectivity index (χ2n) is 10.1. The molecule has 0 spiro atoms. The summed E-state index contributed by atoms with van der Waals surface area (Å²) in [6.07, 6.45) is 0.910. The van der Waals surface area contributed by atoms with E-state index in [1.165, 1.54) is 19.1 Å². The van der Waals surface area contributed by atoms with Crippen LogP contribution in [-0.2, 0) is 11.3 Å². The van der Waals surface area contributed by atoms with Gasteiger partial charge in [-0.25, -0.2) is 9.18 Å². The molecule has 10 heteroatoms. The van der Waals surface area contributed by atoms with Crippen LogP contribution in [0.3, 0.4) is 0 Å². The maximum Gasteiger partial charge on any atom is 0.408 e. The molecule has 2 aromatic carbocycles. The molecule has 1 heterocycles. The number of thiophene rings is 1. The Morgan fingerprint density at radius 3 is 2.51 bits per heavy atom. The molecule has 4 rings (SSSR count). The fraction of sp³-hybridized carbons (Fsp3) is 0.290. The van der Waals surface area contributed by atoms with Crippen molar-refractivity contribution < 1.29 is 23.8 Å². The zero-order valence-corrected chi connectivity index (χ0v) is 24.1. The third-order valence-electron chi connectivity index (χ3n) is 7.08. The van der Waals surface area contributed by atoms with Crippen LogP contribution in [0, 0.1) is 12.7 Å². The van der Waals surface area contributed by atoms with E-state index in [1.54, 1.807) is 11.3 Å². The molecule has 0 aliphatic heterocycles. The van der Waals surface area contributed by atoms with Gasteiger partial charge in [-0.3, -0.25) is 4.79 Å². The van der Waals surface area contributed by atoms with Gasteiger partial charge in [-0.2, -0.15) is 0 Å². The lowest BCUT2D eigenvalue weighted by Gasteiger charge is -2.25. The lowest BCUT2D eigenvalue weighted by molar-refractivity contribution is 0.0965. The Morgan fingerprint density at radius 1 is 1.15 bits per heavy atom. The fourth-order valence-electron chi connectivity index (χ4n) is 4.25. The summed E-state index contributed by atoms with van der Waals surface area (Å²) >= 11 is 1.59. The molecule has 0 bridgehead atoms. The van der Waals surface area contributed by atoms with Gasteiger partial charge in [0.05, 0.1) is 11.2 Å². The number of alkyl carbamates (subject to hydrolysis) is 1. The van der Waals surface area contributed by atoms with E-state index in [2.05, 4.69) is 16.0 Å². The van der Waals surface area contributed by atoms with Gasteiger partial charge in [0, 0.05) is 22.7 Å². The molecule has 1 aliphatic carbocycles. The number of hydrogen-bond donors (Lipinski definition) is 5. The highest BCUT2D eigenvalue weighted by atomic mass is 32.1. The number of carbonyl (C=O) groups is 2. The number of nitrogens with one attached hydrogen (secondary N) is 3. The number of allylic oxidation sites excluding steroid dienone is 2. The average Bonchev–Trinajstić information content (AvgIpc) is 3.53. The molecule has 2 amide bonds. The molecule has 1 atom stereocenters. The van der Waals surface area contributed by atoms with Crippen molar-refractivity contribution in [1.82, 2.24) is 10.6 Å². The molecule has 6 N–H and O–H groups in total. The van der Waals surface area contributed by atoms with Crippen molar-refractivity contribution in [2.75, 3.05) is 11.9 Å². The molecule has 216 valence electrons. The quantitative estimate of drug-likeness (QED) is 0.152. The number of carbonyl (C=O) groups excluding carboxylic acids is 2. The van der Waals surface area contributed by atoms with Gasteiger partial charge in [-0.15, -0.1) is 11.3 Å². The normalized spacial score (nSPS) is 15.4. The summed E-state index contributed by atoms with van der Waals surface area (Å²) in [5.41, 5.74) is 8.29. The van der Waals surface area contributed by atoms with Crippen molar-refractivity contribution >= 4 is 34.6 Å². The van der Waals surface area contributed by atoms with Crippen molar-refractivity contribution in [1.29, 1.82) is 0 Å². The van der Waals surface area contributed by atoms with Crippen LogP contribution in [0.25, 0.3) is 5.57 Å². The Bertz CT molecular complexity index is 1450. The van der Waals surface area contributed by atoms with E-state index >= 15 is 4.39 Å². The fourth-order valence-corrected chi connectivity index (χ4v) is 4.95.